The Morgan fingerprint density at radius 3 is 2.19 bits per heavy atom. The van der Waals surface area contributed by atoms with Crippen molar-refractivity contribution >= 4 is 0 Å². The minimum Gasteiger partial charge on any atom is -0.245 e. The normalized spacial score (nSPS) is 63.2. The van der Waals surface area contributed by atoms with Crippen LogP contribution in [0.25, 0.3) is 0 Å². The van der Waals surface area contributed by atoms with E-state index in [1.54, 1.807) is 0 Å². The van der Waals surface area contributed by atoms with Gasteiger partial charge in [-0.05, 0) is 25.7 Å². The van der Waals surface area contributed by atoms with Crippen LogP contribution in [0, 0.1) is 17.3 Å². The number of hydrogen-bond donors (Lipinski definition) is 0. The Labute approximate surface area is 100 Å². The molecule has 0 N–H and O–H groups in total. The molecule has 0 amide bonds. The van der Waals surface area contributed by atoms with E-state index in [1.807, 2.05) is 0 Å². The summed E-state index contributed by atoms with van der Waals surface area (Å²) in [7, 11) is 4.80. The molecule has 6 unspecified atom stereocenters. The largest absolute Gasteiger partial charge is 0.245 e. The van der Waals surface area contributed by atoms with E-state index in [-0.39, 0.29) is 0 Å². The van der Waals surface area contributed by atoms with Crippen molar-refractivity contribution in [3.63, 3.8) is 0 Å². The van der Waals surface area contributed by atoms with Crippen LogP contribution in [0.3, 0.4) is 0 Å². The Morgan fingerprint density at radius 2 is 1.69 bits per heavy atom. The maximum Gasteiger partial charge on any atom is 0.105 e. The molecule has 2 aliphatic heterocycles. The first-order valence-electron chi connectivity index (χ1n) is 6.85. The van der Waals surface area contributed by atoms with Gasteiger partial charge in [-0.1, -0.05) is 20.8 Å². The summed E-state index contributed by atoms with van der Waals surface area (Å²) in [6.07, 6.45) is 1.40. The van der Waals surface area contributed by atoms with E-state index in [4.69, 9.17) is 0 Å². The molecule has 1 spiro atoms. The van der Waals surface area contributed by atoms with Crippen LogP contribution in [0.5, 0.6) is 0 Å². The summed E-state index contributed by atoms with van der Waals surface area (Å²) < 4.78 is 1.10. The average Bonchev–Trinajstić information content (AvgIpc) is 2.46. The molecule has 0 bridgehead atoms. The van der Waals surface area contributed by atoms with Gasteiger partial charge >= 0.3 is 0 Å². The van der Waals surface area contributed by atoms with Crippen LogP contribution < -0.4 is 0 Å². The molecule has 16 heavy (non-hydrogen) atoms. The van der Waals surface area contributed by atoms with E-state index in [2.05, 4.69) is 53.7 Å². The van der Waals surface area contributed by atoms with E-state index in [1.165, 1.54) is 6.42 Å². The number of piperidine rings is 1. The molecule has 0 aromatic heterocycles. The summed E-state index contributed by atoms with van der Waals surface area (Å²) in [6, 6.07) is 1.51. The predicted molar refractivity (Wildman–Crippen MR) is 66.7 cm³/mol. The summed E-state index contributed by atoms with van der Waals surface area (Å²) in [5, 5.41) is 2.84. The third-order valence-electron chi connectivity index (χ3n) is 7.17. The maximum atomic E-state index is 2.84. The lowest BCUT2D eigenvalue weighted by Gasteiger charge is -2.42. The molecule has 2 saturated heterocycles. The first kappa shape index (κ1) is 11.0. The summed E-state index contributed by atoms with van der Waals surface area (Å²) >= 11 is 0. The lowest BCUT2D eigenvalue weighted by Crippen LogP contribution is -2.58. The molecule has 0 aromatic carbocycles. The summed E-state index contributed by atoms with van der Waals surface area (Å²) in [4.78, 5) is 0. The first-order valence-corrected chi connectivity index (χ1v) is 6.85. The molecule has 1 aliphatic carbocycles. The highest BCUT2D eigenvalue weighted by molar-refractivity contribution is 5.32. The van der Waals surface area contributed by atoms with Gasteiger partial charge in [0.25, 0.3) is 0 Å². The maximum absolute atomic E-state index is 2.84. The molecule has 3 aliphatic rings. The van der Waals surface area contributed by atoms with Gasteiger partial charge in [0.15, 0.2) is 0 Å². The van der Waals surface area contributed by atoms with Gasteiger partial charge in [0.2, 0.25) is 0 Å². The molecule has 3 rings (SSSR count). The highest BCUT2D eigenvalue weighted by Crippen LogP contribution is 2.79. The standard InChI is InChI=1S/C14H27N2/c1-9-8-14-12(4)13(14,5)10(2)11(3)15(14)16(9,6)7/h9-12H,8H2,1-7H3/q+1. The second kappa shape index (κ2) is 2.51. The molecule has 0 aromatic rings. The zero-order chi connectivity index (χ0) is 12.1. The van der Waals surface area contributed by atoms with Gasteiger partial charge < -0.3 is 0 Å². The zero-order valence-corrected chi connectivity index (χ0v) is 11.9. The Kier molecular flexibility index (Phi) is 1.73. The fourth-order valence-corrected chi connectivity index (χ4v) is 5.55. The van der Waals surface area contributed by atoms with Crippen molar-refractivity contribution in [1.82, 2.24) is 5.01 Å². The Bertz CT molecular complexity index is 351. The van der Waals surface area contributed by atoms with Crippen molar-refractivity contribution in [3.05, 3.63) is 0 Å². The van der Waals surface area contributed by atoms with Gasteiger partial charge in [0.1, 0.15) is 6.04 Å². The molecule has 2 heteroatoms. The molecule has 1 saturated carbocycles. The van der Waals surface area contributed by atoms with Gasteiger partial charge in [0, 0.05) is 11.8 Å². The molecule has 6 atom stereocenters. The van der Waals surface area contributed by atoms with Crippen molar-refractivity contribution in [3.8, 4) is 0 Å². The Morgan fingerprint density at radius 1 is 1.12 bits per heavy atom. The second-order valence-corrected chi connectivity index (χ2v) is 7.33. The Hall–Kier alpha value is -0.0800. The van der Waals surface area contributed by atoms with Gasteiger partial charge in [-0.25, -0.2) is 4.59 Å². The zero-order valence-electron chi connectivity index (χ0n) is 11.9. The summed E-state index contributed by atoms with van der Waals surface area (Å²) in [5.41, 5.74) is 1.10. The Balaban J connectivity index is 2.12. The highest BCUT2D eigenvalue weighted by atomic mass is 15.8. The van der Waals surface area contributed by atoms with Crippen molar-refractivity contribution in [2.45, 2.75) is 58.7 Å². The molecule has 2 nitrogen and oxygen atoms in total. The lowest BCUT2D eigenvalue weighted by molar-refractivity contribution is -1.01. The minimum atomic E-state index is 0.523. The van der Waals surface area contributed by atoms with Crippen LogP contribution in [0.15, 0.2) is 0 Å². The lowest BCUT2D eigenvalue weighted by atomic mass is 9.85. The van der Waals surface area contributed by atoms with Crippen molar-refractivity contribution < 1.29 is 4.59 Å². The topological polar surface area (TPSA) is 3.24 Å². The number of quaternary nitrogens is 1. The van der Waals surface area contributed by atoms with Gasteiger partial charge in [0.05, 0.1) is 25.7 Å². The van der Waals surface area contributed by atoms with Crippen LogP contribution in [0.2, 0.25) is 0 Å². The molecular weight excluding hydrogens is 196 g/mol. The molecule has 3 fully saturated rings. The number of hydrogen-bond acceptors (Lipinski definition) is 1. The second-order valence-electron chi connectivity index (χ2n) is 7.33. The SMILES string of the molecule is CC1C(C)C2(C)C(C)C23CC(C)[N+](C)(C)N13. The van der Waals surface area contributed by atoms with Crippen molar-refractivity contribution in [2.75, 3.05) is 14.1 Å². The number of nitrogens with zero attached hydrogens (tertiary/aromatic N) is 2. The van der Waals surface area contributed by atoms with Crippen molar-refractivity contribution in [2.24, 2.45) is 17.3 Å². The smallest absolute Gasteiger partial charge is 0.105 e. The summed E-state index contributed by atoms with van der Waals surface area (Å²) in [5.74, 6) is 1.72. The van der Waals surface area contributed by atoms with E-state index in [0.717, 1.165) is 28.5 Å². The van der Waals surface area contributed by atoms with Crippen LogP contribution in [0.1, 0.15) is 41.0 Å². The van der Waals surface area contributed by atoms with E-state index in [9.17, 15) is 0 Å². The average molecular weight is 223 g/mol. The van der Waals surface area contributed by atoms with E-state index < -0.39 is 0 Å². The van der Waals surface area contributed by atoms with Gasteiger partial charge in [-0.2, -0.15) is 0 Å². The fraction of sp³-hybridized carbons (Fsp3) is 1.00. The monoisotopic (exact) mass is 223 g/mol. The van der Waals surface area contributed by atoms with Gasteiger partial charge in [-0.3, -0.25) is 0 Å². The molecule has 2 heterocycles. The van der Waals surface area contributed by atoms with Crippen LogP contribution in [-0.2, 0) is 0 Å². The van der Waals surface area contributed by atoms with Crippen molar-refractivity contribution in [1.29, 1.82) is 0 Å². The highest BCUT2D eigenvalue weighted by Gasteiger charge is 2.87. The predicted octanol–water partition coefficient (Wildman–Crippen LogP) is 2.51. The third-order valence-corrected chi connectivity index (χ3v) is 7.17. The van der Waals surface area contributed by atoms with Crippen LogP contribution in [0.4, 0.5) is 0 Å². The first-order chi connectivity index (χ1) is 7.22. The third kappa shape index (κ3) is 0.743. The van der Waals surface area contributed by atoms with Crippen LogP contribution in [-0.4, -0.2) is 41.3 Å². The van der Waals surface area contributed by atoms with Gasteiger partial charge in [-0.15, -0.1) is 5.01 Å². The quantitative estimate of drug-likeness (QED) is 0.570. The van der Waals surface area contributed by atoms with E-state index >= 15 is 0 Å². The molecule has 0 radical (unpaired) electrons. The molecular formula is C14H27N2+. The number of rotatable bonds is 0. The van der Waals surface area contributed by atoms with E-state index in [0.29, 0.717) is 11.0 Å². The summed E-state index contributed by atoms with van der Waals surface area (Å²) in [6.45, 7) is 12.4. The molecule has 92 valence electrons. The van der Waals surface area contributed by atoms with Crippen LogP contribution >= 0.6 is 0 Å². The minimum absolute atomic E-state index is 0.523. The fourth-order valence-electron chi connectivity index (χ4n) is 5.55.